The standard InChI is InChI=1S/C16H20ClNO/c1-12(2)18-11-13(10-14-6-5-9-19-14)15-7-3-4-8-16(15)17/h3-9,12-13,18H,10-11H2,1-2H3. The first-order valence-corrected chi connectivity index (χ1v) is 7.05. The van der Waals surface area contributed by atoms with Crippen molar-refractivity contribution in [3.63, 3.8) is 0 Å². The van der Waals surface area contributed by atoms with Gasteiger partial charge in [0.1, 0.15) is 5.76 Å². The second-order valence-corrected chi connectivity index (χ2v) is 5.47. The molecule has 19 heavy (non-hydrogen) atoms. The van der Waals surface area contributed by atoms with Crippen LogP contribution >= 0.6 is 11.6 Å². The molecule has 0 aliphatic heterocycles. The maximum absolute atomic E-state index is 6.32. The molecule has 0 radical (unpaired) electrons. The summed E-state index contributed by atoms with van der Waals surface area (Å²) in [6.07, 6.45) is 2.57. The van der Waals surface area contributed by atoms with Crippen LogP contribution in [-0.4, -0.2) is 12.6 Å². The Kier molecular flexibility index (Phi) is 5.06. The first kappa shape index (κ1) is 14.2. The van der Waals surface area contributed by atoms with Crippen LogP contribution in [0.5, 0.6) is 0 Å². The van der Waals surface area contributed by atoms with Gasteiger partial charge in [-0.2, -0.15) is 0 Å². The Labute approximate surface area is 119 Å². The van der Waals surface area contributed by atoms with Crippen LogP contribution in [0.4, 0.5) is 0 Å². The van der Waals surface area contributed by atoms with Crippen molar-refractivity contribution in [3.8, 4) is 0 Å². The van der Waals surface area contributed by atoms with E-state index in [1.54, 1.807) is 6.26 Å². The van der Waals surface area contributed by atoms with Crippen LogP contribution in [0.25, 0.3) is 0 Å². The van der Waals surface area contributed by atoms with Crippen molar-refractivity contribution in [1.29, 1.82) is 0 Å². The van der Waals surface area contributed by atoms with Crippen LogP contribution < -0.4 is 5.32 Å². The van der Waals surface area contributed by atoms with Gasteiger partial charge in [-0.3, -0.25) is 0 Å². The van der Waals surface area contributed by atoms with E-state index in [-0.39, 0.29) is 0 Å². The minimum Gasteiger partial charge on any atom is -0.469 e. The number of furan rings is 1. The molecule has 2 aromatic rings. The van der Waals surface area contributed by atoms with Crippen molar-refractivity contribution in [2.75, 3.05) is 6.54 Å². The Balaban J connectivity index is 2.16. The number of halogens is 1. The summed E-state index contributed by atoms with van der Waals surface area (Å²) in [6, 6.07) is 12.4. The summed E-state index contributed by atoms with van der Waals surface area (Å²) in [5.74, 6) is 1.32. The van der Waals surface area contributed by atoms with Gasteiger partial charge in [0.05, 0.1) is 6.26 Å². The zero-order valence-electron chi connectivity index (χ0n) is 11.4. The molecule has 1 unspecified atom stereocenters. The fourth-order valence-electron chi connectivity index (χ4n) is 2.15. The minimum absolute atomic E-state index is 0.322. The van der Waals surface area contributed by atoms with Crippen molar-refractivity contribution in [2.24, 2.45) is 0 Å². The van der Waals surface area contributed by atoms with Crippen LogP contribution in [0.3, 0.4) is 0 Å². The molecular weight excluding hydrogens is 258 g/mol. The molecule has 2 rings (SSSR count). The van der Waals surface area contributed by atoms with Gasteiger partial charge in [0, 0.05) is 29.9 Å². The maximum atomic E-state index is 6.32. The molecule has 102 valence electrons. The average Bonchev–Trinajstić information content (AvgIpc) is 2.88. The lowest BCUT2D eigenvalue weighted by atomic mass is 9.94. The highest BCUT2D eigenvalue weighted by atomic mass is 35.5. The van der Waals surface area contributed by atoms with E-state index in [1.165, 1.54) is 5.56 Å². The summed E-state index contributed by atoms with van der Waals surface area (Å²) >= 11 is 6.32. The van der Waals surface area contributed by atoms with Gasteiger partial charge in [-0.25, -0.2) is 0 Å². The largest absolute Gasteiger partial charge is 0.469 e. The molecule has 1 atom stereocenters. The number of hydrogen-bond donors (Lipinski definition) is 1. The number of nitrogens with one attached hydrogen (secondary N) is 1. The van der Waals surface area contributed by atoms with Crippen molar-refractivity contribution in [1.82, 2.24) is 5.32 Å². The number of rotatable bonds is 6. The molecule has 3 heteroatoms. The van der Waals surface area contributed by atoms with Gasteiger partial charge in [-0.1, -0.05) is 43.6 Å². The molecule has 1 aromatic heterocycles. The lowest BCUT2D eigenvalue weighted by Crippen LogP contribution is -2.29. The Morgan fingerprint density at radius 1 is 1.16 bits per heavy atom. The molecule has 1 N–H and O–H groups in total. The van der Waals surface area contributed by atoms with Gasteiger partial charge in [0.15, 0.2) is 0 Å². The fraction of sp³-hybridized carbons (Fsp3) is 0.375. The van der Waals surface area contributed by atoms with E-state index in [9.17, 15) is 0 Å². The van der Waals surface area contributed by atoms with Crippen LogP contribution in [-0.2, 0) is 6.42 Å². The monoisotopic (exact) mass is 277 g/mol. The summed E-state index contributed by atoms with van der Waals surface area (Å²) < 4.78 is 5.46. The average molecular weight is 278 g/mol. The van der Waals surface area contributed by atoms with E-state index < -0.39 is 0 Å². The Bertz CT molecular complexity index is 493. The van der Waals surface area contributed by atoms with Crippen LogP contribution in [0, 0.1) is 0 Å². The SMILES string of the molecule is CC(C)NCC(Cc1ccco1)c1ccccc1Cl. The number of benzene rings is 1. The topological polar surface area (TPSA) is 25.2 Å². The molecule has 0 saturated heterocycles. The quantitative estimate of drug-likeness (QED) is 0.854. The van der Waals surface area contributed by atoms with Gasteiger partial charge in [0.2, 0.25) is 0 Å². The van der Waals surface area contributed by atoms with E-state index in [0.717, 1.165) is 23.7 Å². The molecule has 2 nitrogen and oxygen atoms in total. The summed E-state index contributed by atoms with van der Waals surface area (Å²) in [6.45, 7) is 5.19. The maximum Gasteiger partial charge on any atom is 0.104 e. The van der Waals surface area contributed by atoms with Crippen molar-refractivity contribution in [3.05, 3.63) is 59.0 Å². The minimum atomic E-state index is 0.322. The normalized spacial score (nSPS) is 12.8. The van der Waals surface area contributed by atoms with E-state index in [2.05, 4.69) is 25.2 Å². The summed E-state index contributed by atoms with van der Waals surface area (Å²) in [5.41, 5.74) is 1.17. The van der Waals surface area contributed by atoms with E-state index in [0.29, 0.717) is 12.0 Å². The molecule has 0 saturated carbocycles. The Hall–Kier alpha value is -1.25. The first-order chi connectivity index (χ1) is 9.16. The third-order valence-electron chi connectivity index (χ3n) is 3.15. The van der Waals surface area contributed by atoms with E-state index >= 15 is 0 Å². The predicted molar refractivity (Wildman–Crippen MR) is 79.7 cm³/mol. The molecule has 0 fully saturated rings. The zero-order chi connectivity index (χ0) is 13.7. The van der Waals surface area contributed by atoms with E-state index in [4.69, 9.17) is 16.0 Å². The molecule has 0 amide bonds. The highest BCUT2D eigenvalue weighted by Gasteiger charge is 2.16. The molecule has 0 aliphatic rings. The van der Waals surface area contributed by atoms with Gasteiger partial charge in [0.25, 0.3) is 0 Å². The predicted octanol–water partition coefficient (Wildman–Crippen LogP) is 4.26. The van der Waals surface area contributed by atoms with Crippen molar-refractivity contribution >= 4 is 11.6 Å². The molecule has 0 spiro atoms. The lowest BCUT2D eigenvalue weighted by molar-refractivity contribution is 0.461. The fourth-order valence-corrected chi connectivity index (χ4v) is 2.44. The summed E-state index contributed by atoms with van der Waals surface area (Å²) in [7, 11) is 0. The second-order valence-electron chi connectivity index (χ2n) is 5.06. The van der Waals surface area contributed by atoms with Gasteiger partial charge in [-0.15, -0.1) is 0 Å². The van der Waals surface area contributed by atoms with Crippen LogP contribution in [0.1, 0.15) is 31.1 Å². The molecule has 0 bridgehead atoms. The van der Waals surface area contributed by atoms with Gasteiger partial charge >= 0.3 is 0 Å². The third kappa shape index (κ3) is 4.12. The molecule has 1 aromatic carbocycles. The highest BCUT2D eigenvalue weighted by Crippen LogP contribution is 2.27. The van der Waals surface area contributed by atoms with Crippen LogP contribution in [0.2, 0.25) is 5.02 Å². The van der Waals surface area contributed by atoms with Gasteiger partial charge < -0.3 is 9.73 Å². The van der Waals surface area contributed by atoms with Gasteiger partial charge in [-0.05, 0) is 23.8 Å². The second kappa shape index (κ2) is 6.78. The Morgan fingerprint density at radius 3 is 2.58 bits per heavy atom. The smallest absolute Gasteiger partial charge is 0.104 e. The van der Waals surface area contributed by atoms with Crippen LogP contribution in [0.15, 0.2) is 47.1 Å². The molecule has 1 heterocycles. The highest BCUT2D eigenvalue weighted by molar-refractivity contribution is 6.31. The molecular formula is C16H20ClNO. The number of hydrogen-bond acceptors (Lipinski definition) is 2. The zero-order valence-corrected chi connectivity index (χ0v) is 12.2. The molecule has 0 aliphatic carbocycles. The van der Waals surface area contributed by atoms with Crippen molar-refractivity contribution < 1.29 is 4.42 Å². The Morgan fingerprint density at radius 2 is 1.95 bits per heavy atom. The summed E-state index contributed by atoms with van der Waals surface area (Å²) in [5, 5.41) is 4.31. The third-order valence-corrected chi connectivity index (χ3v) is 3.49. The summed E-state index contributed by atoms with van der Waals surface area (Å²) in [4.78, 5) is 0. The lowest BCUT2D eigenvalue weighted by Gasteiger charge is -2.20. The first-order valence-electron chi connectivity index (χ1n) is 6.67. The van der Waals surface area contributed by atoms with E-state index in [1.807, 2.05) is 30.3 Å². The van der Waals surface area contributed by atoms with Crippen molar-refractivity contribution in [2.45, 2.75) is 32.2 Å².